The van der Waals surface area contributed by atoms with Crippen molar-refractivity contribution < 1.29 is 17.9 Å². The highest BCUT2D eigenvalue weighted by molar-refractivity contribution is 7.89. The van der Waals surface area contributed by atoms with Gasteiger partial charge in [0.2, 0.25) is 10.0 Å². The summed E-state index contributed by atoms with van der Waals surface area (Å²) >= 11 is 6.24. The molecule has 1 aliphatic heterocycles. The molecule has 1 atom stereocenters. The zero-order chi connectivity index (χ0) is 21.1. The minimum absolute atomic E-state index is 0.0225. The lowest BCUT2D eigenvalue weighted by atomic mass is 10.1. The summed E-state index contributed by atoms with van der Waals surface area (Å²) < 4.78 is 37.6. The van der Waals surface area contributed by atoms with Crippen LogP contribution in [0.4, 0.5) is 0 Å². The van der Waals surface area contributed by atoms with Gasteiger partial charge in [0, 0.05) is 38.3 Å². The standard InChI is InChI=1S/C19H31ClN4O4S/c1-21-19(22-9-8-15-6-7-16(27-2)13-18(15)20)23-10-12-29(25,26)24-14-17-5-3-4-11-28-17/h6-7,13,17,24H,3-5,8-12,14H2,1-2H3,(H2,21,22,23). The largest absolute Gasteiger partial charge is 0.497 e. The number of methoxy groups -OCH3 is 1. The van der Waals surface area contributed by atoms with E-state index in [2.05, 4.69) is 20.3 Å². The molecule has 1 unspecified atom stereocenters. The summed E-state index contributed by atoms with van der Waals surface area (Å²) in [7, 11) is -0.124. The molecule has 3 N–H and O–H groups in total. The van der Waals surface area contributed by atoms with Gasteiger partial charge in [0.1, 0.15) is 5.75 Å². The van der Waals surface area contributed by atoms with Crippen molar-refractivity contribution in [1.29, 1.82) is 0 Å². The van der Waals surface area contributed by atoms with Crippen LogP contribution in [-0.4, -0.2) is 66.6 Å². The number of nitrogens with zero attached hydrogens (tertiary/aromatic N) is 1. The van der Waals surface area contributed by atoms with Gasteiger partial charge in [-0.15, -0.1) is 0 Å². The van der Waals surface area contributed by atoms with Gasteiger partial charge in [-0.3, -0.25) is 4.99 Å². The van der Waals surface area contributed by atoms with E-state index in [-0.39, 0.29) is 18.4 Å². The van der Waals surface area contributed by atoms with Gasteiger partial charge in [-0.25, -0.2) is 13.1 Å². The molecule has 1 aliphatic rings. The Morgan fingerprint density at radius 3 is 2.76 bits per heavy atom. The van der Waals surface area contributed by atoms with Crippen LogP contribution in [0.1, 0.15) is 24.8 Å². The topological polar surface area (TPSA) is 101 Å². The average Bonchev–Trinajstić information content (AvgIpc) is 2.73. The van der Waals surface area contributed by atoms with Crippen LogP contribution in [0, 0.1) is 0 Å². The predicted molar refractivity (Wildman–Crippen MR) is 116 cm³/mol. The maximum absolute atomic E-state index is 12.1. The van der Waals surface area contributed by atoms with Crippen molar-refractivity contribution in [1.82, 2.24) is 15.4 Å². The second-order valence-electron chi connectivity index (χ2n) is 6.79. The second-order valence-corrected chi connectivity index (χ2v) is 9.12. The highest BCUT2D eigenvalue weighted by atomic mass is 35.5. The summed E-state index contributed by atoms with van der Waals surface area (Å²) in [6.07, 6.45) is 3.70. The molecule has 10 heteroatoms. The van der Waals surface area contributed by atoms with Gasteiger partial charge in [-0.2, -0.15) is 0 Å². The predicted octanol–water partition coefficient (Wildman–Crippen LogP) is 1.54. The molecule has 0 radical (unpaired) electrons. The maximum atomic E-state index is 12.1. The van der Waals surface area contributed by atoms with E-state index in [4.69, 9.17) is 21.1 Å². The quantitative estimate of drug-likeness (QED) is 0.372. The maximum Gasteiger partial charge on any atom is 0.213 e. The van der Waals surface area contributed by atoms with Gasteiger partial charge >= 0.3 is 0 Å². The van der Waals surface area contributed by atoms with Crippen LogP contribution in [0.25, 0.3) is 0 Å². The summed E-state index contributed by atoms with van der Waals surface area (Å²) in [6, 6.07) is 5.57. The number of sulfonamides is 1. The average molecular weight is 447 g/mol. The van der Waals surface area contributed by atoms with Crippen LogP contribution in [-0.2, 0) is 21.2 Å². The molecule has 0 aromatic heterocycles. The molecule has 0 bridgehead atoms. The van der Waals surface area contributed by atoms with Gasteiger partial charge in [-0.1, -0.05) is 17.7 Å². The third kappa shape index (κ3) is 8.77. The number of benzene rings is 1. The van der Waals surface area contributed by atoms with Crippen LogP contribution in [0.5, 0.6) is 5.75 Å². The number of hydrogen-bond acceptors (Lipinski definition) is 5. The van der Waals surface area contributed by atoms with Crippen molar-refractivity contribution >= 4 is 27.6 Å². The Kier molecular flexibility index (Phi) is 9.99. The monoisotopic (exact) mass is 446 g/mol. The lowest BCUT2D eigenvalue weighted by Crippen LogP contribution is -2.43. The molecule has 1 saturated heterocycles. The van der Waals surface area contributed by atoms with Gasteiger partial charge < -0.3 is 20.1 Å². The van der Waals surface area contributed by atoms with Crippen molar-refractivity contribution in [3.05, 3.63) is 28.8 Å². The summed E-state index contributed by atoms with van der Waals surface area (Å²) in [5.74, 6) is 1.22. The molecule has 164 valence electrons. The smallest absolute Gasteiger partial charge is 0.213 e. The SMILES string of the molecule is CN=C(NCCc1ccc(OC)cc1Cl)NCCS(=O)(=O)NCC1CCCCO1. The van der Waals surface area contributed by atoms with E-state index in [0.29, 0.717) is 42.8 Å². The molecule has 2 rings (SSSR count). The summed E-state index contributed by atoms with van der Waals surface area (Å²) in [4.78, 5) is 4.11. The van der Waals surface area contributed by atoms with E-state index in [1.165, 1.54) is 0 Å². The Hall–Kier alpha value is -1.55. The third-order valence-electron chi connectivity index (χ3n) is 4.64. The van der Waals surface area contributed by atoms with E-state index in [1.807, 2.05) is 12.1 Å². The van der Waals surface area contributed by atoms with Crippen molar-refractivity contribution in [2.24, 2.45) is 4.99 Å². The zero-order valence-electron chi connectivity index (χ0n) is 17.0. The first-order chi connectivity index (χ1) is 13.9. The van der Waals surface area contributed by atoms with E-state index in [0.717, 1.165) is 24.8 Å². The molecule has 0 saturated carbocycles. The molecule has 1 aromatic rings. The van der Waals surface area contributed by atoms with Crippen LogP contribution in [0.15, 0.2) is 23.2 Å². The number of hydrogen-bond donors (Lipinski definition) is 3. The van der Waals surface area contributed by atoms with Crippen LogP contribution < -0.4 is 20.1 Å². The lowest BCUT2D eigenvalue weighted by molar-refractivity contribution is 0.0200. The molecule has 0 spiro atoms. The molecule has 1 aromatic carbocycles. The van der Waals surface area contributed by atoms with Gasteiger partial charge in [-0.05, 0) is 43.4 Å². The number of guanidine groups is 1. The Balaban J connectivity index is 1.67. The summed E-state index contributed by atoms with van der Waals surface area (Å²) in [5.41, 5.74) is 0.993. The van der Waals surface area contributed by atoms with E-state index in [1.54, 1.807) is 20.2 Å². The molecule has 29 heavy (non-hydrogen) atoms. The van der Waals surface area contributed by atoms with Crippen LogP contribution in [0.3, 0.4) is 0 Å². The number of halogens is 1. The number of nitrogens with one attached hydrogen (secondary N) is 3. The van der Waals surface area contributed by atoms with Crippen molar-refractivity contribution in [2.45, 2.75) is 31.8 Å². The van der Waals surface area contributed by atoms with E-state index >= 15 is 0 Å². The van der Waals surface area contributed by atoms with E-state index < -0.39 is 10.0 Å². The van der Waals surface area contributed by atoms with Gasteiger partial charge in [0.05, 0.1) is 19.0 Å². The van der Waals surface area contributed by atoms with Gasteiger partial charge in [0.25, 0.3) is 0 Å². The fraction of sp³-hybridized carbons (Fsp3) is 0.632. The van der Waals surface area contributed by atoms with Crippen molar-refractivity contribution in [3.8, 4) is 5.75 Å². The highest BCUT2D eigenvalue weighted by Gasteiger charge is 2.17. The van der Waals surface area contributed by atoms with Crippen molar-refractivity contribution in [2.75, 3.05) is 46.2 Å². The first-order valence-electron chi connectivity index (χ1n) is 9.79. The molecule has 0 aliphatic carbocycles. The van der Waals surface area contributed by atoms with Gasteiger partial charge in [0.15, 0.2) is 5.96 Å². The molecule has 0 amide bonds. The summed E-state index contributed by atoms with van der Waals surface area (Å²) in [6.45, 7) is 1.90. The summed E-state index contributed by atoms with van der Waals surface area (Å²) in [5, 5.41) is 6.82. The fourth-order valence-electron chi connectivity index (χ4n) is 2.96. The minimum atomic E-state index is -3.37. The van der Waals surface area contributed by atoms with Crippen LogP contribution in [0.2, 0.25) is 5.02 Å². The normalized spacial score (nSPS) is 17.8. The number of ether oxygens (including phenoxy) is 2. The molecular weight excluding hydrogens is 416 g/mol. The zero-order valence-corrected chi connectivity index (χ0v) is 18.6. The molecular formula is C19H31ClN4O4S. The van der Waals surface area contributed by atoms with E-state index in [9.17, 15) is 8.42 Å². The molecule has 1 heterocycles. The van der Waals surface area contributed by atoms with Crippen molar-refractivity contribution in [3.63, 3.8) is 0 Å². The highest BCUT2D eigenvalue weighted by Crippen LogP contribution is 2.22. The fourth-order valence-corrected chi connectivity index (χ4v) is 4.18. The number of rotatable bonds is 10. The molecule has 8 nitrogen and oxygen atoms in total. The molecule has 1 fully saturated rings. The third-order valence-corrected chi connectivity index (χ3v) is 6.34. The Morgan fingerprint density at radius 2 is 2.10 bits per heavy atom. The lowest BCUT2D eigenvalue weighted by Gasteiger charge is -2.22. The van der Waals surface area contributed by atoms with Crippen LogP contribution >= 0.6 is 11.6 Å². The second kappa shape index (κ2) is 12.2. The Morgan fingerprint density at radius 1 is 1.31 bits per heavy atom. The minimum Gasteiger partial charge on any atom is -0.497 e. The number of aliphatic imine (C=N–C) groups is 1. The first kappa shape index (κ1) is 23.7. The Labute approximate surface area is 178 Å². The first-order valence-corrected chi connectivity index (χ1v) is 11.8. The Bertz CT molecular complexity index is 767.